The lowest BCUT2D eigenvalue weighted by Crippen LogP contribution is -2.19. The Hall–Kier alpha value is -2.09. The number of carbonyl (C=O) groups excluding carboxylic acids is 1. The summed E-state index contributed by atoms with van der Waals surface area (Å²) >= 11 is 0. The SMILES string of the molecule is CCCCCCCC(C(=O)Oc1ccccc1)c1ccccc1. The predicted octanol–water partition coefficient (Wildman–Crippen LogP) is 5.74. The average Bonchev–Trinajstić information content (AvgIpc) is 2.59. The highest BCUT2D eigenvalue weighted by Crippen LogP contribution is 2.25. The second kappa shape index (κ2) is 9.83. The van der Waals surface area contributed by atoms with Crippen LogP contribution in [0.3, 0.4) is 0 Å². The molecule has 0 amide bonds. The van der Waals surface area contributed by atoms with Gasteiger partial charge in [0.1, 0.15) is 5.75 Å². The van der Waals surface area contributed by atoms with Crippen molar-refractivity contribution in [3.05, 3.63) is 66.2 Å². The molecule has 0 aliphatic rings. The van der Waals surface area contributed by atoms with Crippen molar-refractivity contribution in [2.75, 3.05) is 0 Å². The molecule has 23 heavy (non-hydrogen) atoms. The monoisotopic (exact) mass is 310 g/mol. The maximum atomic E-state index is 12.6. The van der Waals surface area contributed by atoms with E-state index in [1.807, 2.05) is 60.7 Å². The minimum atomic E-state index is -0.182. The van der Waals surface area contributed by atoms with Crippen molar-refractivity contribution < 1.29 is 9.53 Å². The van der Waals surface area contributed by atoms with Gasteiger partial charge in [-0.1, -0.05) is 87.6 Å². The summed E-state index contributed by atoms with van der Waals surface area (Å²) in [5.74, 6) is 0.278. The first-order chi connectivity index (χ1) is 11.3. The summed E-state index contributed by atoms with van der Waals surface area (Å²) in [5, 5.41) is 0. The van der Waals surface area contributed by atoms with Crippen LogP contribution in [-0.4, -0.2) is 5.97 Å². The minimum absolute atomic E-state index is 0.155. The normalized spacial score (nSPS) is 11.9. The van der Waals surface area contributed by atoms with Crippen LogP contribution in [0.25, 0.3) is 0 Å². The van der Waals surface area contributed by atoms with Crippen LogP contribution in [0.2, 0.25) is 0 Å². The summed E-state index contributed by atoms with van der Waals surface area (Å²) in [6.07, 6.45) is 6.83. The molecule has 0 saturated heterocycles. The van der Waals surface area contributed by atoms with Crippen LogP contribution < -0.4 is 4.74 Å². The maximum absolute atomic E-state index is 12.6. The van der Waals surface area contributed by atoms with Gasteiger partial charge in [0.15, 0.2) is 0 Å². The molecule has 0 fully saturated rings. The first kappa shape index (κ1) is 17.3. The number of ether oxygens (including phenoxy) is 1. The van der Waals surface area contributed by atoms with Gasteiger partial charge in [0.05, 0.1) is 5.92 Å². The van der Waals surface area contributed by atoms with Crippen LogP contribution in [0.5, 0.6) is 5.75 Å². The third kappa shape index (κ3) is 5.90. The molecule has 0 N–H and O–H groups in total. The summed E-state index contributed by atoms with van der Waals surface area (Å²) in [6.45, 7) is 2.21. The molecule has 0 saturated carbocycles. The summed E-state index contributed by atoms with van der Waals surface area (Å²) < 4.78 is 5.57. The Kier molecular flexibility index (Phi) is 7.38. The van der Waals surface area contributed by atoms with Gasteiger partial charge in [-0.2, -0.15) is 0 Å². The molecule has 2 aromatic rings. The van der Waals surface area contributed by atoms with Gasteiger partial charge < -0.3 is 4.74 Å². The summed E-state index contributed by atoms with van der Waals surface area (Å²) in [7, 11) is 0. The predicted molar refractivity (Wildman–Crippen MR) is 94.6 cm³/mol. The first-order valence-corrected chi connectivity index (χ1v) is 8.63. The topological polar surface area (TPSA) is 26.3 Å². The second-order valence-corrected chi connectivity index (χ2v) is 5.90. The largest absolute Gasteiger partial charge is 0.426 e. The number of benzene rings is 2. The molecule has 0 aliphatic carbocycles. The third-order valence-electron chi connectivity index (χ3n) is 4.04. The highest BCUT2D eigenvalue weighted by atomic mass is 16.5. The smallest absolute Gasteiger partial charge is 0.318 e. The highest BCUT2D eigenvalue weighted by Gasteiger charge is 2.22. The van der Waals surface area contributed by atoms with Crippen molar-refractivity contribution in [3.8, 4) is 5.75 Å². The van der Waals surface area contributed by atoms with Crippen molar-refractivity contribution in [2.24, 2.45) is 0 Å². The lowest BCUT2D eigenvalue weighted by molar-refractivity contribution is -0.136. The molecular formula is C21H26O2. The van der Waals surface area contributed by atoms with Gasteiger partial charge in [0, 0.05) is 0 Å². The molecular weight excluding hydrogens is 284 g/mol. The fraction of sp³-hybridized carbons (Fsp3) is 0.381. The highest BCUT2D eigenvalue weighted by molar-refractivity contribution is 5.80. The average molecular weight is 310 g/mol. The Morgan fingerprint density at radius 3 is 2.13 bits per heavy atom. The Morgan fingerprint density at radius 1 is 0.870 bits per heavy atom. The van der Waals surface area contributed by atoms with Crippen molar-refractivity contribution >= 4 is 5.97 Å². The van der Waals surface area contributed by atoms with Gasteiger partial charge in [-0.3, -0.25) is 4.79 Å². The van der Waals surface area contributed by atoms with E-state index in [1.54, 1.807) is 0 Å². The number of hydrogen-bond acceptors (Lipinski definition) is 2. The van der Waals surface area contributed by atoms with E-state index >= 15 is 0 Å². The molecule has 0 heterocycles. The molecule has 2 aromatic carbocycles. The molecule has 1 unspecified atom stereocenters. The second-order valence-electron chi connectivity index (χ2n) is 5.90. The van der Waals surface area contributed by atoms with Crippen molar-refractivity contribution in [2.45, 2.75) is 51.4 Å². The zero-order chi connectivity index (χ0) is 16.3. The maximum Gasteiger partial charge on any atom is 0.318 e. The molecule has 0 spiro atoms. The molecule has 122 valence electrons. The number of rotatable bonds is 9. The van der Waals surface area contributed by atoms with Gasteiger partial charge in [0.2, 0.25) is 0 Å². The summed E-state index contributed by atoms with van der Waals surface area (Å²) in [5.41, 5.74) is 1.05. The van der Waals surface area contributed by atoms with Crippen molar-refractivity contribution in [1.29, 1.82) is 0 Å². The fourth-order valence-corrected chi connectivity index (χ4v) is 2.73. The number of unbranched alkanes of at least 4 members (excludes halogenated alkanes) is 4. The van der Waals surface area contributed by atoms with Crippen LogP contribution in [0.15, 0.2) is 60.7 Å². The Morgan fingerprint density at radius 2 is 1.48 bits per heavy atom. The molecule has 0 radical (unpaired) electrons. The molecule has 2 nitrogen and oxygen atoms in total. The zero-order valence-electron chi connectivity index (χ0n) is 13.9. The first-order valence-electron chi connectivity index (χ1n) is 8.63. The summed E-state index contributed by atoms with van der Waals surface area (Å²) in [4.78, 5) is 12.6. The quantitative estimate of drug-likeness (QED) is 0.335. The van der Waals surface area contributed by atoms with Gasteiger partial charge in [0.25, 0.3) is 0 Å². The zero-order valence-corrected chi connectivity index (χ0v) is 13.9. The Labute approximate surface area is 139 Å². The number of hydrogen-bond donors (Lipinski definition) is 0. The molecule has 1 atom stereocenters. The standard InChI is InChI=1S/C21H26O2/c1-2-3-4-5-12-17-20(18-13-8-6-9-14-18)21(22)23-19-15-10-7-11-16-19/h6-11,13-16,20H,2-5,12,17H2,1H3. The lowest BCUT2D eigenvalue weighted by atomic mass is 9.93. The van der Waals surface area contributed by atoms with Crippen molar-refractivity contribution in [3.63, 3.8) is 0 Å². The van der Waals surface area contributed by atoms with Crippen molar-refractivity contribution in [1.82, 2.24) is 0 Å². The third-order valence-corrected chi connectivity index (χ3v) is 4.04. The molecule has 0 aromatic heterocycles. The fourth-order valence-electron chi connectivity index (χ4n) is 2.73. The van der Waals surface area contributed by atoms with Gasteiger partial charge in [-0.15, -0.1) is 0 Å². The number of carbonyl (C=O) groups is 1. The molecule has 0 bridgehead atoms. The molecule has 2 rings (SSSR count). The van der Waals surface area contributed by atoms with Crippen LogP contribution in [0.1, 0.15) is 56.9 Å². The van der Waals surface area contributed by atoms with E-state index in [-0.39, 0.29) is 11.9 Å². The Balaban J connectivity index is 1.99. The molecule has 0 aliphatic heterocycles. The Bertz CT molecular complexity index is 563. The van der Waals surface area contributed by atoms with E-state index in [1.165, 1.54) is 25.7 Å². The van der Waals surface area contributed by atoms with E-state index in [9.17, 15) is 4.79 Å². The van der Waals surface area contributed by atoms with Crippen LogP contribution in [0, 0.1) is 0 Å². The van der Waals surface area contributed by atoms with Gasteiger partial charge in [-0.05, 0) is 24.1 Å². The lowest BCUT2D eigenvalue weighted by Gasteiger charge is -2.16. The number of esters is 1. The van der Waals surface area contributed by atoms with E-state index < -0.39 is 0 Å². The van der Waals surface area contributed by atoms with Gasteiger partial charge in [-0.25, -0.2) is 0 Å². The summed E-state index contributed by atoms with van der Waals surface area (Å²) in [6, 6.07) is 19.3. The van der Waals surface area contributed by atoms with Crippen LogP contribution >= 0.6 is 0 Å². The van der Waals surface area contributed by atoms with E-state index in [4.69, 9.17) is 4.74 Å². The molecule has 2 heteroatoms. The van der Waals surface area contributed by atoms with Crippen LogP contribution in [-0.2, 0) is 4.79 Å². The minimum Gasteiger partial charge on any atom is -0.426 e. The number of para-hydroxylation sites is 1. The van der Waals surface area contributed by atoms with E-state index in [0.29, 0.717) is 5.75 Å². The van der Waals surface area contributed by atoms with E-state index in [2.05, 4.69) is 6.92 Å². The van der Waals surface area contributed by atoms with Gasteiger partial charge >= 0.3 is 5.97 Å². The van der Waals surface area contributed by atoms with Crippen LogP contribution in [0.4, 0.5) is 0 Å². The van der Waals surface area contributed by atoms with E-state index in [0.717, 1.165) is 18.4 Å².